The number of ether oxygens (including phenoxy) is 1. The molecular formula is C22H22FNO4S. The number of benzene rings is 3. The van der Waals surface area contributed by atoms with Gasteiger partial charge in [-0.05, 0) is 41.8 Å². The Morgan fingerprint density at radius 1 is 1.00 bits per heavy atom. The van der Waals surface area contributed by atoms with Gasteiger partial charge in [-0.3, -0.25) is 0 Å². The average Bonchev–Trinajstić information content (AvgIpc) is 2.73. The lowest BCUT2D eigenvalue weighted by atomic mass is 9.94. The third kappa shape index (κ3) is 4.82. The first-order valence-corrected chi connectivity index (χ1v) is 10.4. The fourth-order valence-electron chi connectivity index (χ4n) is 2.89. The van der Waals surface area contributed by atoms with Gasteiger partial charge in [0.25, 0.3) is 0 Å². The predicted molar refractivity (Wildman–Crippen MR) is 110 cm³/mol. The van der Waals surface area contributed by atoms with Crippen molar-refractivity contribution < 1.29 is 22.7 Å². The summed E-state index contributed by atoms with van der Waals surface area (Å²) in [7, 11) is -2.71. The van der Waals surface area contributed by atoms with Gasteiger partial charge in [-0.15, -0.1) is 0 Å². The minimum atomic E-state index is -4.01. The topological polar surface area (TPSA) is 75.6 Å². The minimum Gasteiger partial charge on any atom is -0.494 e. The first kappa shape index (κ1) is 21.0. The Labute approximate surface area is 169 Å². The van der Waals surface area contributed by atoms with E-state index in [2.05, 4.69) is 4.72 Å². The van der Waals surface area contributed by atoms with Gasteiger partial charge in [0.2, 0.25) is 10.0 Å². The number of nitrogens with one attached hydrogen (secondary N) is 1. The molecule has 0 spiro atoms. The number of hydrogen-bond donors (Lipinski definition) is 2. The highest BCUT2D eigenvalue weighted by atomic mass is 32.2. The molecule has 0 fully saturated rings. The highest BCUT2D eigenvalue weighted by Gasteiger charge is 2.26. The van der Waals surface area contributed by atoms with Crippen molar-refractivity contribution in [3.05, 3.63) is 84.2 Å². The zero-order valence-electron chi connectivity index (χ0n) is 16.1. The molecule has 1 atom stereocenters. The summed E-state index contributed by atoms with van der Waals surface area (Å²) in [5, 5.41) is 10.8. The van der Waals surface area contributed by atoms with Crippen LogP contribution in [-0.4, -0.2) is 27.2 Å². The molecule has 0 bridgehead atoms. The van der Waals surface area contributed by atoms with Gasteiger partial charge >= 0.3 is 0 Å². The molecule has 0 saturated carbocycles. The number of rotatable bonds is 7. The zero-order chi connectivity index (χ0) is 21.1. The van der Waals surface area contributed by atoms with E-state index in [1.165, 1.54) is 26.2 Å². The van der Waals surface area contributed by atoms with Crippen molar-refractivity contribution in [1.29, 1.82) is 0 Å². The fraction of sp³-hybridized carbons (Fsp3) is 0.182. The van der Waals surface area contributed by atoms with E-state index in [9.17, 15) is 17.9 Å². The lowest BCUT2D eigenvalue weighted by Crippen LogP contribution is -2.38. The second-order valence-corrected chi connectivity index (χ2v) is 8.61. The number of methoxy groups -OCH3 is 1. The molecule has 2 N–H and O–H groups in total. The maximum atomic E-state index is 13.8. The molecule has 3 aromatic rings. The third-order valence-corrected chi connectivity index (χ3v) is 6.05. The van der Waals surface area contributed by atoms with Crippen LogP contribution in [0.2, 0.25) is 0 Å². The van der Waals surface area contributed by atoms with E-state index in [4.69, 9.17) is 4.74 Å². The predicted octanol–water partition coefficient (Wildman–Crippen LogP) is 3.69. The quantitative estimate of drug-likeness (QED) is 0.617. The Kier molecular flexibility index (Phi) is 6.02. The van der Waals surface area contributed by atoms with E-state index in [-0.39, 0.29) is 17.2 Å². The molecule has 0 aliphatic rings. The third-order valence-electron chi connectivity index (χ3n) is 4.65. The second-order valence-electron chi connectivity index (χ2n) is 6.84. The lowest BCUT2D eigenvalue weighted by Gasteiger charge is -2.24. The molecular weight excluding hydrogens is 393 g/mol. The van der Waals surface area contributed by atoms with Crippen molar-refractivity contribution in [2.75, 3.05) is 13.7 Å². The molecule has 29 heavy (non-hydrogen) atoms. The Balaban J connectivity index is 1.74. The van der Waals surface area contributed by atoms with Gasteiger partial charge in [-0.25, -0.2) is 17.5 Å². The summed E-state index contributed by atoms with van der Waals surface area (Å²) in [5.74, 6) is -0.826. The SMILES string of the molecule is COc1ccc(S(=O)(=O)NCC(C)(O)c2ccc(-c3ccccc3)cc2)cc1F. The van der Waals surface area contributed by atoms with Crippen LogP contribution in [0.3, 0.4) is 0 Å². The number of halogens is 1. The normalized spacial score (nSPS) is 13.7. The Hall–Kier alpha value is -2.74. The van der Waals surface area contributed by atoms with Crippen LogP contribution in [0, 0.1) is 5.82 Å². The average molecular weight is 415 g/mol. The summed E-state index contributed by atoms with van der Waals surface area (Å²) in [6.07, 6.45) is 0. The van der Waals surface area contributed by atoms with E-state index >= 15 is 0 Å². The van der Waals surface area contributed by atoms with Gasteiger partial charge in [0.05, 0.1) is 12.0 Å². The highest BCUT2D eigenvalue weighted by Crippen LogP contribution is 2.26. The Morgan fingerprint density at radius 2 is 1.62 bits per heavy atom. The fourth-order valence-corrected chi connectivity index (χ4v) is 4.03. The van der Waals surface area contributed by atoms with Crippen molar-refractivity contribution in [2.45, 2.75) is 17.4 Å². The van der Waals surface area contributed by atoms with Gasteiger partial charge in [0.15, 0.2) is 11.6 Å². The highest BCUT2D eigenvalue weighted by molar-refractivity contribution is 7.89. The van der Waals surface area contributed by atoms with Crippen LogP contribution in [0.5, 0.6) is 5.75 Å². The molecule has 5 nitrogen and oxygen atoms in total. The van der Waals surface area contributed by atoms with Crippen LogP contribution in [0.4, 0.5) is 4.39 Å². The monoisotopic (exact) mass is 415 g/mol. The van der Waals surface area contributed by atoms with E-state index in [0.29, 0.717) is 5.56 Å². The summed E-state index contributed by atoms with van der Waals surface area (Å²) >= 11 is 0. The van der Waals surface area contributed by atoms with E-state index < -0.39 is 21.4 Å². The number of aliphatic hydroxyl groups is 1. The van der Waals surface area contributed by atoms with Crippen molar-refractivity contribution in [3.63, 3.8) is 0 Å². The molecule has 0 aliphatic carbocycles. The number of hydrogen-bond acceptors (Lipinski definition) is 4. The summed E-state index contributed by atoms with van der Waals surface area (Å²) < 4.78 is 45.9. The smallest absolute Gasteiger partial charge is 0.240 e. The van der Waals surface area contributed by atoms with Crippen LogP contribution in [-0.2, 0) is 15.6 Å². The first-order chi connectivity index (χ1) is 13.7. The van der Waals surface area contributed by atoms with Gasteiger partial charge in [0.1, 0.15) is 5.60 Å². The largest absolute Gasteiger partial charge is 0.494 e. The molecule has 1 unspecified atom stereocenters. The van der Waals surface area contributed by atoms with Crippen LogP contribution < -0.4 is 9.46 Å². The maximum absolute atomic E-state index is 13.8. The second kappa shape index (κ2) is 8.32. The standard InChI is InChI=1S/C22H22FNO4S/c1-22(25,18-10-8-17(9-11-18)16-6-4-3-5-7-16)15-24-29(26,27)19-12-13-21(28-2)20(23)14-19/h3-14,24-25H,15H2,1-2H3. The molecule has 0 radical (unpaired) electrons. The van der Waals surface area contributed by atoms with Crippen molar-refractivity contribution in [1.82, 2.24) is 4.72 Å². The Bertz CT molecular complexity index is 1080. The van der Waals surface area contributed by atoms with Crippen molar-refractivity contribution >= 4 is 10.0 Å². The van der Waals surface area contributed by atoms with Gasteiger partial charge in [0, 0.05) is 6.54 Å². The summed E-state index contributed by atoms with van der Waals surface area (Å²) in [6, 6.07) is 20.4. The van der Waals surface area contributed by atoms with E-state index in [1.54, 1.807) is 12.1 Å². The molecule has 0 aliphatic heterocycles. The van der Waals surface area contributed by atoms with Crippen LogP contribution in [0.15, 0.2) is 77.7 Å². The molecule has 0 aromatic heterocycles. The van der Waals surface area contributed by atoms with Crippen molar-refractivity contribution in [2.24, 2.45) is 0 Å². The molecule has 0 heterocycles. The van der Waals surface area contributed by atoms with Crippen LogP contribution >= 0.6 is 0 Å². The summed E-state index contributed by atoms with van der Waals surface area (Å²) in [4.78, 5) is -0.244. The van der Waals surface area contributed by atoms with Crippen LogP contribution in [0.1, 0.15) is 12.5 Å². The summed E-state index contributed by atoms with van der Waals surface area (Å²) in [6.45, 7) is 1.25. The van der Waals surface area contributed by atoms with Crippen LogP contribution in [0.25, 0.3) is 11.1 Å². The van der Waals surface area contributed by atoms with Crippen molar-refractivity contribution in [3.8, 4) is 16.9 Å². The van der Waals surface area contributed by atoms with E-state index in [0.717, 1.165) is 17.2 Å². The molecule has 0 saturated heterocycles. The number of sulfonamides is 1. The molecule has 0 amide bonds. The minimum absolute atomic E-state index is 0.0468. The molecule has 152 valence electrons. The maximum Gasteiger partial charge on any atom is 0.240 e. The van der Waals surface area contributed by atoms with Gasteiger partial charge < -0.3 is 9.84 Å². The van der Waals surface area contributed by atoms with E-state index in [1.807, 2.05) is 42.5 Å². The Morgan fingerprint density at radius 3 is 2.21 bits per heavy atom. The van der Waals surface area contributed by atoms with Gasteiger partial charge in [-0.2, -0.15) is 0 Å². The molecule has 3 aromatic carbocycles. The molecule has 7 heteroatoms. The lowest BCUT2D eigenvalue weighted by molar-refractivity contribution is 0.0627. The van der Waals surface area contributed by atoms with Gasteiger partial charge in [-0.1, -0.05) is 54.6 Å². The molecule has 3 rings (SSSR count). The zero-order valence-corrected chi connectivity index (χ0v) is 16.9. The first-order valence-electron chi connectivity index (χ1n) is 8.94. The summed E-state index contributed by atoms with van der Waals surface area (Å²) in [5.41, 5.74) is 1.13.